The van der Waals surface area contributed by atoms with Gasteiger partial charge in [-0.15, -0.1) is 0 Å². The third-order valence-electron chi connectivity index (χ3n) is 5.14. The Morgan fingerprint density at radius 1 is 1.06 bits per heavy atom. The second kappa shape index (κ2) is 13.2. The summed E-state index contributed by atoms with van der Waals surface area (Å²) in [7, 11) is 0. The van der Waals surface area contributed by atoms with Gasteiger partial charge in [0.05, 0.1) is 12.4 Å². The lowest BCUT2D eigenvalue weighted by Gasteiger charge is -2.27. The van der Waals surface area contributed by atoms with Crippen molar-refractivity contribution in [2.45, 2.75) is 70.6 Å². The molecule has 0 spiro atoms. The molecule has 5 unspecified atom stereocenters. The van der Waals surface area contributed by atoms with Crippen LogP contribution < -0.4 is 21.7 Å². The molecular weight excluding hydrogens is 436 g/mol. The maximum atomic E-state index is 12.7. The zero-order chi connectivity index (χ0) is 25.1. The van der Waals surface area contributed by atoms with Gasteiger partial charge < -0.3 is 36.9 Å². The van der Waals surface area contributed by atoms with Crippen molar-refractivity contribution < 1.29 is 34.2 Å². The van der Waals surface area contributed by atoms with Crippen LogP contribution in [0.3, 0.4) is 0 Å². The molecule has 0 aliphatic heterocycles. The number of imidazole rings is 1. The fraction of sp³-hybridized carbons (Fsp3) is 0.600. The highest BCUT2D eigenvalue weighted by molar-refractivity contribution is 5.94. The van der Waals surface area contributed by atoms with Gasteiger partial charge in [0.2, 0.25) is 17.7 Å². The molecule has 1 rings (SSSR count). The molecule has 1 aromatic rings. The van der Waals surface area contributed by atoms with Gasteiger partial charge in [-0.25, -0.2) is 9.78 Å². The molecule has 13 heteroatoms. The van der Waals surface area contributed by atoms with E-state index in [0.717, 1.165) is 0 Å². The Morgan fingerprint density at radius 2 is 1.73 bits per heavy atom. The van der Waals surface area contributed by atoms with Crippen LogP contribution in [0.1, 0.15) is 45.7 Å². The Morgan fingerprint density at radius 3 is 2.24 bits per heavy atom. The van der Waals surface area contributed by atoms with Gasteiger partial charge >= 0.3 is 11.9 Å². The first-order chi connectivity index (χ1) is 15.5. The average Bonchev–Trinajstić information content (AvgIpc) is 3.26. The molecule has 1 heterocycles. The summed E-state index contributed by atoms with van der Waals surface area (Å²) in [5, 5.41) is 25.3. The number of carbonyl (C=O) groups excluding carboxylic acids is 3. The largest absolute Gasteiger partial charge is 0.481 e. The van der Waals surface area contributed by atoms with Crippen LogP contribution in [0.5, 0.6) is 0 Å². The van der Waals surface area contributed by atoms with E-state index in [0.29, 0.717) is 12.1 Å². The summed E-state index contributed by atoms with van der Waals surface area (Å²) in [6.07, 6.45) is 2.90. The van der Waals surface area contributed by atoms with Crippen molar-refractivity contribution in [2.24, 2.45) is 11.7 Å². The van der Waals surface area contributed by atoms with Gasteiger partial charge in [0, 0.05) is 24.7 Å². The molecule has 8 N–H and O–H groups in total. The van der Waals surface area contributed by atoms with Crippen molar-refractivity contribution in [1.82, 2.24) is 25.9 Å². The minimum Gasteiger partial charge on any atom is -0.481 e. The number of carbonyl (C=O) groups is 5. The molecule has 5 atom stereocenters. The number of H-pyrrole nitrogens is 1. The number of nitrogens with zero attached hydrogens (tertiary/aromatic N) is 1. The Hall–Kier alpha value is -3.48. The van der Waals surface area contributed by atoms with E-state index < -0.39 is 60.2 Å². The number of carboxylic acids is 2. The van der Waals surface area contributed by atoms with Crippen molar-refractivity contribution in [3.8, 4) is 0 Å². The average molecular weight is 469 g/mol. The Bertz CT molecular complexity index is 829. The molecule has 0 saturated carbocycles. The van der Waals surface area contributed by atoms with Gasteiger partial charge in [-0.05, 0) is 19.3 Å². The summed E-state index contributed by atoms with van der Waals surface area (Å²) < 4.78 is 0. The predicted octanol–water partition coefficient (Wildman–Crippen LogP) is -1.25. The van der Waals surface area contributed by atoms with E-state index in [9.17, 15) is 29.1 Å². The van der Waals surface area contributed by atoms with Crippen molar-refractivity contribution >= 4 is 29.7 Å². The highest BCUT2D eigenvalue weighted by Crippen LogP contribution is 2.10. The normalized spacial score (nSPS) is 15.4. The Balaban J connectivity index is 2.76. The highest BCUT2D eigenvalue weighted by Gasteiger charge is 2.31. The third-order valence-corrected chi connectivity index (χ3v) is 5.14. The number of nitrogens with one attached hydrogen (secondary N) is 4. The minimum absolute atomic E-state index is 0.186. The van der Waals surface area contributed by atoms with Crippen LogP contribution >= 0.6 is 0 Å². The SMILES string of the molecule is CCC(C)C(NC(=O)C(C)NC(=O)C(N)Cc1cnc[nH]1)C(=O)NC(CCC(=O)O)C(=O)O. The number of rotatable bonds is 14. The second-order valence-electron chi connectivity index (χ2n) is 7.82. The highest BCUT2D eigenvalue weighted by atomic mass is 16.4. The summed E-state index contributed by atoms with van der Waals surface area (Å²) >= 11 is 0. The topological polar surface area (TPSA) is 217 Å². The van der Waals surface area contributed by atoms with Gasteiger partial charge in [-0.2, -0.15) is 0 Å². The smallest absolute Gasteiger partial charge is 0.326 e. The molecule has 0 bridgehead atoms. The molecular formula is C20H32N6O7. The second-order valence-corrected chi connectivity index (χ2v) is 7.82. The van der Waals surface area contributed by atoms with Gasteiger partial charge in [0.1, 0.15) is 18.1 Å². The van der Waals surface area contributed by atoms with Crippen molar-refractivity contribution in [2.75, 3.05) is 0 Å². The van der Waals surface area contributed by atoms with Gasteiger partial charge in [-0.1, -0.05) is 20.3 Å². The van der Waals surface area contributed by atoms with E-state index in [1.807, 2.05) is 0 Å². The molecule has 0 saturated heterocycles. The lowest BCUT2D eigenvalue weighted by Crippen LogP contribution is -2.58. The zero-order valence-corrected chi connectivity index (χ0v) is 18.8. The minimum atomic E-state index is -1.42. The number of amides is 3. The number of aromatic nitrogens is 2. The van der Waals surface area contributed by atoms with E-state index in [1.165, 1.54) is 19.4 Å². The number of aromatic amines is 1. The molecule has 3 amide bonds. The molecule has 33 heavy (non-hydrogen) atoms. The third kappa shape index (κ3) is 9.27. The van der Waals surface area contributed by atoms with Crippen LogP contribution in [-0.4, -0.2) is 74.0 Å². The lowest BCUT2D eigenvalue weighted by atomic mass is 9.97. The van der Waals surface area contributed by atoms with Crippen LogP contribution in [-0.2, 0) is 30.4 Å². The first-order valence-electron chi connectivity index (χ1n) is 10.5. The van der Waals surface area contributed by atoms with Crippen LogP contribution in [0, 0.1) is 5.92 Å². The number of aliphatic carboxylic acids is 2. The molecule has 184 valence electrons. The molecule has 0 aliphatic carbocycles. The van der Waals surface area contributed by atoms with E-state index >= 15 is 0 Å². The predicted molar refractivity (Wildman–Crippen MR) is 116 cm³/mol. The molecule has 0 radical (unpaired) electrons. The summed E-state index contributed by atoms with van der Waals surface area (Å²) in [6.45, 7) is 4.91. The van der Waals surface area contributed by atoms with E-state index in [1.54, 1.807) is 13.8 Å². The lowest BCUT2D eigenvalue weighted by molar-refractivity contribution is -0.143. The van der Waals surface area contributed by atoms with E-state index in [-0.39, 0.29) is 18.8 Å². The number of hydrogen-bond acceptors (Lipinski definition) is 7. The van der Waals surface area contributed by atoms with Crippen molar-refractivity contribution in [3.63, 3.8) is 0 Å². The molecule has 13 nitrogen and oxygen atoms in total. The van der Waals surface area contributed by atoms with Crippen LogP contribution in [0.15, 0.2) is 12.5 Å². The summed E-state index contributed by atoms with van der Waals surface area (Å²) in [6, 6.07) is -4.46. The van der Waals surface area contributed by atoms with Crippen molar-refractivity contribution in [1.29, 1.82) is 0 Å². The van der Waals surface area contributed by atoms with Crippen LogP contribution in [0.25, 0.3) is 0 Å². The molecule has 1 aromatic heterocycles. The maximum Gasteiger partial charge on any atom is 0.326 e. The number of nitrogens with two attached hydrogens (primary N) is 1. The Kier molecular flexibility index (Phi) is 11.0. The van der Waals surface area contributed by atoms with Gasteiger partial charge in [0.15, 0.2) is 0 Å². The standard InChI is InChI=1S/C20H32N6O7/c1-4-10(2)16(19(31)25-14(20(32)33)5-6-15(27)28)26-17(29)11(3)24-18(30)13(21)7-12-8-22-9-23-12/h8-11,13-14,16H,4-7,21H2,1-3H3,(H,22,23)(H,24,30)(H,25,31)(H,26,29)(H,27,28)(H,32,33). The Labute approximate surface area is 190 Å². The van der Waals surface area contributed by atoms with Crippen molar-refractivity contribution in [3.05, 3.63) is 18.2 Å². The summed E-state index contributed by atoms with van der Waals surface area (Å²) in [5.74, 6) is -4.94. The van der Waals surface area contributed by atoms with Crippen LogP contribution in [0.2, 0.25) is 0 Å². The first kappa shape index (κ1) is 27.6. The van der Waals surface area contributed by atoms with Crippen LogP contribution in [0.4, 0.5) is 0 Å². The number of carboxylic acid groups (broad SMARTS) is 2. The fourth-order valence-corrected chi connectivity index (χ4v) is 2.88. The van der Waals surface area contributed by atoms with E-state index in [4.69, 9.17) is 10.8 Å². The molecule has 0 fully saturated rings. The fourth-order valence-electron chi connectivity index (χ4n) is 2.88. The summed E-state index contributed by atoms with van der Waals surface area (Å²) in [5.41, 5.74) is 6.51. The van der Waals surface area contributed by atoms with Gasteiger partial charge in [0.25, 0.3) is 0 Å². The maximum absolute atomic E-state index is 12.7. The first-order valence-corrected chi connectivity index (χ1v) is 10.5. The monoisotopic (exact) mass is 468 g/mol. The van der Waals surface area contributed by atoms with Gasteiger partial charge in [-0.3, -0.25) is 19.2 Å². The van der Waals surface area contributed by atoms with E-state index in [2.05, 4.69) is 25.9 Å². The quantitative estimate of drug-likeness (QED) is 0.173. The molecule has 0 aromatic carbocycles. The number of hydrogen-bond donors (Lipinski definition) is 7. The summed E-state index contributed by atoms with van der Waals surface area (Å²) in [4.78, 5) is 66.4. The zero-order valence-electron chi connectivity index (χ0n) is 18.8. The molecule has 0 aliphatic rings.